The van der Waals surface area contributed by atoms with Crippen LogP contribution in [0.15, 0.2) is 46.8 Å². The largest absolute Gasteiger partial charge is 0.303 e. The van der Waals surface area contributed by atoms with E-state index in [4.69, 9.17) is 18.0 Å². The van der Waals surface area contributed by atoms with Crippen molar-refractivity contribution in [2.24, 2.45) is 4.99 Å². The molecule has 2 heterocycles. The highest BCUT2D eigenvalue weighted by Crippen LogP contribution is 2.25. The number of thiophene rings is 1. The molecule has 0 fully saturated rings. The highest BCUT2D eigenvalue weighted by atomic mass is 35.5. The lowest BCUT2D eigenvalue weighted by Gasteiger charge is -2.00. The summed E-state index contributed by atoms with van der Waals surface area (Å²) < 4.78 is 2.74. The van der Waals surface area contributed by atoms with Gasteiger partial charge >= 0.3 is 0 Å². The summed E-state index contributed by atoms with van der Waals surface area (Å²) in [4.78, 5) is 17.8. The second kappa shape index (κ2) is 6.97. The summed E-state index contributed by atoms with van der Waals surface area (Å²) in [5.74, 6) is 2.25. The lowest BCUT2D eigenvalue weighted by Crippen LogP contribution is -2.15. The molecular weight excluding hydrogens is 348 g/mol. The molecule has 0 radical (unpaired) electrons. The van der Waals surface area contributed by atoms with Gasteiger partial charge in [0.05, 0.1) is 21.8 Å². The van der Waals surface area contributed by atoms with Crippen LogP contribution in [0, 0.1) is 12.3 Å². The van der Waals surface area contributed by atoms with Crippen molar-refractivity contribution >= 4 is 56.5 Å². The number of hydrogen-bond donors (Lipinski definition) is 0. The number of nitrogens with zero attached hydrogens (tertiary/aromatic N) is 2. The van der Waals surface area contributed by atoms with Crippen LogP contribution in [0.3, 0.4) is 0 Å². The van der Waals surface area contributed by atoms with Crippen LogP contribution in [0.25, 0.3) is 16.3 Å². The molecule has 114 valence electrons. The lowest BCUT2D eigenvalue weighted by atomic mass is 10.3. The first-order chi connectivity index (χ1) is 11.2. The first-order valence-electron chi connectivity index (χ1n) is 6.70. The predicted octanol–water partition coefficient (Wildman–Crippen LogP) is 4.19. The summed E-state index contributed by atoms with van der Waals surface area (Å²) in [7, 11) is 0. The first-order valence-corrected chi connectivity index (χ1v) is 8.78. The zero-order chi connectivity index (χ0) is 16.2. The molecule has 0 unspecified atom stereocenters. The van der Waals surface area contributed by atoms with Gasteiger partial charge in [-0.05, 0) is 29.7 Å². The lowest BCUT2D eigenvalue weighted by molar-refractivity contribution is -0.113. The molecule has 0 N–H and O–H groups in total. The van der Waals surface area contributed by atoms with Crippen molar-refractivity contribution in [2.45, 2.75) is 6.54 Å². The molecule has 0 bridgehead atoms. The number of thiazole rings is 1. The number of carbonyl (C=O) groups is 1. The summed E-state index contributed by atoms with van der Waals surface area (Å²) in [6, 6.07) is 9.46. The zero-order valence-corrected chi connectivity index (χ0v) is 14.3. The Morgan fingerprint density at radius 2 is 2.26 bits per heavy atom. The molecule has 1 amide bonds. The predicted molar refractivity (Wildman–Crippen MR) is 97.6 cm³/mol. The number of terminal acetylenes is 1. The number of aromatic nitrogens is 1. The van der Waals surface area contributed by atoms with Crippen molar-refractivity contribution in [1.29, 1.82) is 0 Å². The third kappa shape index (κ3) is 3.45. The fourth-order valence-corrected chi connectivity index (χ4v) is 4.09. The number of amides is 1. The van der Waals surface area contributed by atoms with Crippen LogP contribution < -0.4 is 4.80 Å². The molecule has 2 aromatic heterocycles. The zero-order valence-electron chi connectivity index (χ0n) is 11.9. The fraction of sp³-hybridized carbons (Fsp3) is 0.0588. The van der Waals surface area contributed by atoms with Crippen molar-refractivity contribution in [2.75, 3.05) is 0 Å². The minimum atomic E-state index is -0.327. The Kier molecular flexibility index (Phi) is 4.77. The standard InChI is InChI=1S/C17H11ClN2OS2/c1-2-10-20-16-13(18)6-3-7-14(16)23-17(20)19-15(21)9-8-12-5-4-11-22-12/h1,3-9,11H,10H2. The van der Waals surface area contributed by atoms with Crippen LogP contribution >= 0.6 is 34.3 Å². The molecule has 0 saturated heterocycles. The first kappa shape index (κ1) is 15.8. The summed E-state index contributed by atoms with van der Waals surface area (Å²) in [5, 5.41) is 2.55. The number of benzene rings is 1. The van der Waals surface area contributed by atoms with Crippen LogP contribution in [-0.4, -0.2) is 10.5 Å². The van der Waals surface area contributed by atoms with Gasteiger partial charge in [-0.25, -0.2) is 0 Å². The molecule has 0 aliphatic carbocycles. The van der Waals surface area contributed by atoms with E-state index in [1.807, 2.05) is 29.6 Å². The minimum Gasteiger partial charge on any atom is -0.303 e. The topological polar surface area (TPSA) is 34.4 Å². The molecule has 3 aromatic rings. The third-order valence-corrected chi connectivity index (χ3v) is 5.23. The minimum absolute atomic E-state index is 0.310. The van der Waals surface area contributed by atoms with Crippen molar-refractivity contribution < 1.29 is 4.79 Å². The van der Waals surface area contributed by atoms with Crippen LogP contribution in [0.4, 0.5) is 0 Å². The van der Waals surface area contributed by atoms with Gasteiger partial charge in [-0.2, -0.15) is 4.99 Å². The van der Waals surface area contributed by atoms with Gasteiger partial charge in [-0.15, -0.1) is 17.8 Å². The summed E-state index contributed by atoms with van der Waals surface area (Å²) in [5.41, 5.74) is 0.811. The Morgan fingerprint density at radius 1 is 1.39 bits per heavy atom. The molecule has 0 aliphatic rings. The molecule has 0 aliphatic heterocycles. The van der Waals surface area contributed by atoms with E-state index in [2.05, 4.69) is 10.9 Å². The smallest absolute Gasteiger partial charge is 0.272 e. The fourth-order valence-electron chi connectivity index (χ4n) is 2.08. The maximum atomic E-state index is 12.1. The second-order valence-electron chi connectivity index (χ2n) is 4.56. The van der Waals surface area contributed by atoms with Gasteiger partial charge in [-0.3, -0.25) is 4.79 Å². The SMILES string of the molecule is C#CCn1c(=NC(=O)C=Cc2cccs2)sc2cccc(Cl)c21. The highest BCUT2D eigenvalue weighted by Gasteiger charge is 2.09. The maximum Gasteiger partial charge on any atom is 0.272 e. The van der Waals surface area contributed by atoms with Gasteiger partial charge in [0.2, 0.25) is 0 Å². The van der Waals surface area contributed by atoms with Gasteiger partial charge in [0, 0.05) is 11.0 Å². The van der Waals surface area contributed by atoms with Crippen molar-refractivity contribution in [3.8, 4) is 12.3 Å². The van der Waals surface area contributed by atoms with E-state index in [1.165, 1.54) is 17.4 Å². The number of hydrogen-bond acceptors (Lipinski definition) is 3. The number of halogens is 1. The Balaban J connectivity index is 2.05. The number of para-hydroxylation sites is 1. The summed E-state index contributed by atoms with van der Waals surface area (Å²) in [6.45, 7) is 0.310. The highest BCUT2D eigenvalue weighted by molar-refractivity contribution is 7.16. The van der Waals surface area contributed by atoms with Crippen LogP contribution in [0.5, 0.6) is 0 Å². The molecule has 0 atom stereocenters. The Bertz CT molecular complexity index is 988. The monoisotopic (exact) mass is 358 g/mol. The molecule has 3 nitrogen and oxygen atoms in total. The van der Waals surface area contributed by atoms with Crippen molar-refractivity contribution in [3.05, 3.63) is 56.5 Å². The van der Waals surface area contributed by atoms with E-state index in [1.54, 1.807) is 28.0 Å². The van der Waals surface area contributed by atoms with Gasteiger partial charge in [0.25, 0.3) is 5.91 Å². The number of rotatable bonds is 3. The molecular formula is C17H11ClN2OS2. The second-order valence-corrected chi connectivity index (χ2v) is 6.96. The van der Waals surface area contributed by atoms with Gasteiger partial charge in [0.1, 0.15) is 0 Å². The van der Waals surface area contributed by atoms with Crippen molar-refractivity contribution in [3.63, 3.8) is 0 Å². The molecule has 0 saturated carbocycles. The van der Waals surface area contributed by atoms with Crippen LogP contribution in [0.2, 0.25) is 5.02 Å². The summed E-state index contributed by atoms with van der Waals surface area (Å²) >= 11 is 9.21. The molecule has 0 spiro atoms. The number of carbonyl (C=O) groups excluding carboxylic acids is 1. The van der Waals surface area contributed by atoms with Crippen LogP contribution in [0.1, 0.15) is 4.88 Å². The van der Waals surface area contributed by atoms with Gasteiger partial charge in [-0.1, -0.05) is 41.0 Å². The Morgan fingerprint density at radius 3 is 3.00 bits per heavy atom. The van der Waals surface area contributed by atoms with E-state index >= 15 is 0 Å². The molecule has 6 heteroatoms. The van der Waals surface area contributed by atoms with Crippen molar-refractivity contribution in [1.82, 2.24) is 4.57 Å². The average molecular weight is 359 g/mol. The quantitative estimate of drug-likeness (QED) is 0.510. The average Bonchev–Trinajstić information content (AvgIpc) is 3.15. The van der Waals surface area contributed by atoms with E-state index in [9.17, 15) is 4.79 Å². The molecule has 1 aromatic carbocycles. The number of fused-ring (bicyclic) bond motifs is 1. The third-order valence-electron chi connectivity index (χ3n) is 3.04. The normalized spacial score (nSPS) is 12.1. The van der Waals surface area contributed by atoms with Gasteiger partial charge < -0.3 is 4.57 Å². The van der Waals surface area contributed by atoms with E-state index < -0.39 is 0 Å². The van der Waals surface area contributed by atoms with Gasteiger partial charge in [0.15, 0.2) is 4.80 Å². The van der Waals surface area contributed by atoms with E-state index in [0.29, 0.717) is 16.4 Å². The van der Waals surface area contributed by atoms with E-state index in [0.717, 1.165) is 15.1 Å². The maximum absolute atomic E-state index is 12.1. The van der Waals surface area contributed by atoms with E-state index in [-0.39, 0.29) is 5.91 Å². The Labute approximate surface area is 146 Å². The Hall–Kier alpha value is -2.13. The molecule has 23 heavy (non-hydrogen) atoms. The molecule has 3 rings (SSSR count). The summed E-state index contributed by atoms with van der Waals surface area (Å²) in [6.07, 6.45) is 8.64. The van der Waals surface area contributed by atoms with Crippen LogP contribution in [-0.2, 0) is 11.3 Å².